The van der Waals surface area contributed by atoms with Crippen LogP contribution in [0.2, 0.25) is 0 Å². The van der Waals surface area contributed by atoms with Gasteiger partial charge in [0.2, 0.25) is 11.8 Å². The molecular formula is C22H31ClN4O2. The Morgan fingerprint density at radius 1 is 1.00 bits per heavy atom. The van der Waals surface area contributed by atoms with Crippen LogP contribution in [0.15, 0.2) is 30.3 Å². The van der Waals surface area contributed by atoms with E-state index in [4.69, 9.17) is 0 Å². The van der Waals surface area contributed by atoms with Gasteiger partial charge in [0.05, 0.1) is 6.04 Å². The maximum absolute atomic E-state index is 13.0. The maximum atomic E-state index is 13.0. The van der Waals surface area contributed by atoms with Crippen LogP contribution in [0.4, 0.5) is 5.69 Å². The van der Waals surface area contributed by atoms with Gasteiger partial charge < -0.3 is 15.1 Å². The number of nitrogens with zero attached hydrogens (tertiary/aromatic N) is 3. The van der Waals surface area contributed by atoms with Gasteiger partial charge in [-0.3, -0.25) is 14.5 Å². The molecule has 1 spiro atoms. The van der Waals surface area contributed by atoms with Crippen molar-refractivity contribution in [3.63, 3.8) is 0 Å². The summed E-state index contributed by atoms with van der Waals surface area (Å²) in [5.74, 6) is 0.829. The Morgan fingerprint density at radius 2 is 1.69 bits per heavy atom. The van der Waals surface area contributed by atoms with Crippen molar-refractivity contribution >= 4 is 29.9 Å². The van der Waals surface area contributed by atoms with Gasteiger partial charge >= 0.3 is 0 Å². The number of hydrogen-bond donors (Lipinski definition) is 1. The summed E-state index contributed by atoms with van der Waals surface area (Å²) >= 11 is 0. The van der Waals surface area contributed by atoms with Crippen LogP contribution in [0.25, 0.3) is 0 Å². The fourth-order valence-corrected chi connectivity index (χ4v) is 5.52. The standard InChI is InChI=1S/C22H30N4O2.ClH/c27-20(18-16-22(18)7-9-23-10-8-22)25-14-12-24(13-15-25)19-6-11-26(21(19)28)17-4-2-1-3-5-17;/h1-5,18-19,23H,6-16H2;1H. The molecule has 1 aromatic rings. The highest BCUT2D eigenvalue weighted by atomic mass is 35.5. The molecule has 2 unspecified atom stereocenters. The minimum atomic E-state index is -0.0332. The quantitative estimate of drug-likeness (QED) is 0.812. The van der Waals surface area contributed by atoms with E-state index in [2.05, 4.69) is 15.1 Å². The number of piperazine rings is 1. The van der Waals surface area contributed by atoms with Gasteiger partial charge in [-0.25, -0.2) is 0 Å². The molecule has 1 N–H and O–H groups in total. The zero-order chi connectivity index (χ0) is 19.1. The van der Waals surface area contributed by atoms with Crippen LogP contribution in [0, 0.1) is 11.3 Å². The molecule has 0 bridgehead atoms. The van der Waals surface area contributed by atoms with Crippen LogP contribution in [0.1, 0.15) is 25.7 Å². The molecule has 5 rings (SSSR count). The van der Waals surface area contributed by atoms with E-state index in [0.717, 1.165) is 77.2 Å². The largest absolute Gasteiger partial charge is 0.340 e. The van der Waals surface area contributed by atoms with Crippen molar-refractivity contribution in [3.8, 4) is 0 Å². The summed E-state index contributed by atoms with van der Waals surface area (Å²) in [5, 5.41) is 3.41. The molecule has 0 radical (unpaired) electrons. The van der Waals surface area contributed by atoms with E-state index in [1.807, 2.05) is 35.2 Å². The molecule has 158 valence electrons. The molecule has 7 heteroatoms. The molecule has 4 fully saturated rings. The highest BCUT2D eigenvalue weighted by Crippen LogP contribution is 2.59. The zero-order valence-electron chi connectivity index (χ0n) is 16.9. The van der Waals surface area contributed by atoms with Crippen molar-refractivity contribution in [2.75, 3.05) is 50.7 Å². The lowest BCUT2D eigenvalue weighted by Gasteiger charge is -2.38. The van der Waals surface area contributed by atoms with Crippen LogP contribution in [0.3, 0.4) is 0 Å². The van der Waals surface area contributed by atoms with E-state index in [1.165, 1.54) is 0 Å². The van der Waals surface area contributed by atoms with E-state index < -0.39 is 0 Å². The normalized spacial score (nSPS) is 29.0. The highest BCUT2D eigenvalue weighted by Gasteiger charge is 2.58. The minimum Gasteiger partial charge on any atom is -0.340 e. The van der Waals surface area contributed by atoms with E-state index in [0.29, 0.717) is 11.3 Å². The number of piperidine rings is 1. The predicted octanol–water partition coefficient (Wildman–Crippen LogP) is 1.75. The monoisotopic (exact) mass is 418 g/mol. The molecular weight excluding hydrogens is 388 g/mol. The van der Waals surface area contributed by atoms with Gasteiger partial charge in [-0.15, -0.1) is 12.4 Å². The maximum Gasteiger partial charge on any atom is 0.244 e. The Balaban J connectivity index is 0.00000205. The SMILES string of the molecule is Cl.O=C(C1CC12CCNCC2)N1CCN(C2CCN(c3ccccc3)C2=O)CC1. The lowest BCUT2D eigenvalue weighted by Crippen LogP contribution is -2.54. The van der Waals surface area contributed by atoms with Gasteiger partial charge in [0.25, 0.3) is 0 Å². The van der Waals surface area contributed by atoms with Crippen molar-refractivity contribution in [2.45, 2.75) is 31.7 Å². The topological polar surface area (TPSA) is 55.9 Å². The summed E-state index contributed by atoms with van der Waals surface area (Å²) in [7, 11) is 0. The first kappa shape index (κ1) is 20.6. The number of carbonyl (C=O) groups excluding carboxylic acids is 2. The molecule has 3 aliphatic heterocycles. The number of amides is 2. The Labute approximate surface area is 179 Å². The number of carbonyl (C=O) groups is 2. The van der Waals surface area contributed by atoms with Crippen LogP contribution in [0.5, 0.6) is 0 Å². The first-order chi connectivity index (χ1) is 13.7. The lowest BCUT2D eigenvalue weighted by atomic mass is 9.91. The Morgan fingerprint density at radius 3 is 2.38 bits per heavy atom. The highest BCUT2D eigenvalue weighted by molar-refractivity contribution is 5.99. The Bertz CT molecular complexity index is 744. The molecule has 0 aromatic heterocycles. The van der Waals surface area contributed by atoms with Crippen molar-refractivity contribution in [1.82, 2.24) is 15.1 Å². The van der Waals surface area contributed by atoms with E-state index >= 15 is 0 Å². The number of anilines is 1. The number of hydrogen-bond acceptors (Lipinski definition) is 4. The van der Waals surface area contributed by atoms with Gasteiger partial charge in [-0.2, -0.15) is 0 Å². The average Bonchev–Trinajstić information content (AvgIpc) is 3.29. The van der Waals surface area contributed by atoms with Gasteiger partial charge in [-0.05, 0) is 56.3 Å². The van der Waals surface area contributed by atoms with Crippen molar-refractivity contribution < 1.29 is 9.59 Å². The molecule has 2 atom stereocenters. The first-order valence-corrected chi connectivity index (χ1v) is 10.8. The zero-order valence-corrected chi connectivity index (χ0v) is 17.7. The van der Waals surface area contributed by atoms with Crippen LogP contribution in [-0.4, -0.2) is 73.5 Å². The number of rotatable bonds is 3. The third kappa shape index (κ3) is 3.78. The molecule has 1 aliphatic carbocycles. The summed E-state index contributed by atoms with van der Waals surface area (Å²) in [6.07, 6.45) is 4.26. The number of nitrogens with one attached hydrogen (secondary N) is 1. The summed E-state index contributed by atoms with van der Waals surface area (Å²) in [5.41, 5.74) is 1.29. The van der Waals surface area contributed by atoms with Crippen LogP contribution < -0.4 is 10.2 Å². The van der Waals surface area contributed by atoms with Crippen LogP contribution in [-0.2, 0) is 9.59 Å². The molecule has 29 heavy (non-hydrogen) atoms. The molecule has 6 nitrogen and oxygen atoms in total. The van der Waals surface area contributed by atoms with Crippen molar-refractivity contribution in [1.29, 1.82) is 0 Å². The third-order valence-electron chi connectivity index (χ3n) is 7.40. The van der Waals surface area contributed by atoms with Crippen LogP contribution >= 0.6 is 12.4 Å². The lowest BCUT2D eigenvalue weighted by molar-refractivity contribution is -0.136. The Hall–Kier alpha value is -1.63. The van der Waals surface area contributed by atoms with Gasteiger partial charge in [0.1, 0.15) is 0 Å². The average molecular weight is 419 g/mol. The molecule has 1 saturated carbocycles. The first-order valence-electron chi connectivity index (χ1n) is 10.8. The molecule has 2 amide bonds. The fraction of sp³-hybridized carbons (Fsp3) is 0.636. The van der Waals surface area contributed by atoms with E-state index in [1.54, 1.807) is 0 Å². The molecule has 4 aliphatic rings. The summed E-state index contributed by atoms with van der Waals surface area (Å²) in [6, 6.07) is 9.91. The summed E-state index contributed by atoms with van der Waals surface area (Å²) in [6.45, 7) is 6.04. The predicted molar refractivity (Wildman–Crippen MR) is 115 cm³/mol. The van der Waals surface area contributed by atoms with Gasteiger partial charge in [0.15, 0.2) is 0 Å². The summed E-state index contributed by atoms with van der Waals surface area (Å²) < 4.78 is 0. The fourth-order valence-electron chi connectivity index (χ4n) is 5.52. The molecule has 3 heterocycles. The minimum absolute atomic E-state index is 0. The molecule has 1 aromatic carbocycles. The van der Waals surface area contributed by atoms with Crippen molar-refractivity contribution in [3.05, 3.63) is 30.3 Å². The second kappa shape index (κ2) is 8.25. The smallest absolute Gasteiger partial charge is 0.244 e. The Kier molecular flexibility index (Phi) is 5.87. The van der Waals surface area contributed by atoms with Gasteiger partial charge in [0, 0.05) is 44.3 Å². The van der Waals surface area contributed by atoms with E-state index in [-0.39, 0.29) is 30.3 Å². The number of halogens is 1. The second-order valence-electron chi connectivity index (χ2n) is 8.86. The summed E-state index contributed by atoms with van der Waals surface area (Å²) in [4.78, 5) is 32.2. The molecule has 3 saturated heterocycles. The third-order valence-corrected chi connectivity index (χ3v) is 7.40. The van der Waals surface area contributed by atoms with Gasteiger partial charge in [-0.1, -0.05) is 18.2 Å². The number of benzene rings is 1. The number of para-hydroxylation sites is 1. The van der Waals surface area contributed by atoms with E-state index in [9.17, 15) is 9.59 Å². The second-order valence-corrected chi connectivity index (χ2v) is 8.86. The van der Waals surface area contributed by atoms with Crippen molar-refractivity contribution in [2.24, 2.45) is 11.3 Å².